The second-order valence-corrected chi connectivity index (χ2v) is 13.0. The number of aliphatic carboxylic acids is 1. The van der Waals surface area contributed by atoms with Crippen LogP contribution in [0.15, 0.2) is 42.5 Å². The number of aromatic nitrogens is 1. The van der Waals surface area contributed by atoms with Crippen molar-refractivity contribution in [1.29, 1.82) is 0 Å². The number of carboxylic acid groups (broad SMARTS) is 1. The van der Waals surface area contributed by atoms with Gasteiger partial charge >= 0.3 is 12.1 Å². The molecule has 5 rings (SSSR count). The van der Waals surface area contributed by atoms with Gasteiger partial charge in [0.25, 0.3) is 11.8 Å². The SMILES string of the molecule is CCCCOC(=O)N1CCN(C(=O)[C@H](CCC(=O)O)NC(=O)c2cc(OCC(=O)N3CCCC3c3ccc(F)cc3F)c3ccc(C)cc3n2)CC1. The number of nitrogens with zero attached hydrogens (tertiary/aromatic N) is 4. The summed E-state index contributed by atoms with van der Waals surface area (Å²) in [6, 6.07) is 8.13. The Kier molecular flexibility index (Phi) is 12.6. The molecule has 0 bridgehead atoms. The predicted octanol–water partition coefficient (Wildman–Crippen LogP) is 4.61. The van der Waals surface area contributed by atoms with Crippen LogP contribution < -0.4 is 10.1 Å². The molecular weight excluding hydrogens is 680 g/mol. The molecule has 4 amide bonds. The molecule has 2 N–H and O–H groups in total. The highest BCUT2D eigenvalue weighted by atomic mass is 19.1. The molecular formula is C37H43F2N5O8. The van der Waals surface area contributed by atoms with Crippen molar-refractivity contribution in [3.05, 3.63) is 70.9 Å². The quantitative estimate of drug-likeness (QED) is 0.240. The summed E-state index contributed by atoms with van der Waals surface area (Å²) in [7, 11) is 0. The van der Waals surface area contributed by atoms with Crippen molar-refractivity contribution >= 4 is 40.7 Å². The van der Waals surface area contributed by atoms with Gasteiger partial charge < -0.3 is 34.6 Å². The summed E-state index contributed by atoms with van der Waals surface area (Å²) in [5, 5.41) is 12.5. The van der Waals surface area contributed by atoms with Gasteiger partial charge in [-0.25, -0.2) is 18.6 Å². The van der Waals surface area contributed by atoms with Gasteiger partial charge in [-0.1, -0.05) is 25.5 Å². The van der Waals surface area contributed by atoms with E-state index in [9.17, 15) is 37.9 Å². The van der Waals surface area contributed by atoms with Crippen LogP contribution in [0.5, 0.6) is 5.75 Å². The molecule has 1 aromatic heterocycles. The zero-order chi connectivity index (χ0) is 37.4. The van der Waals surface area contributed by atoms with Crippen molar-refractivity contribution in [2.75, 3.05) is 45.9 Å². The fourth-order valence-electron chi connectivity index (χ4n) is 6.41. The van der Waals surface area contributed by atoms with Crippen LogP contribution in [0.3, 0.4) is 0 Å². The van der Waals surface area contributed by atoms with Crippen molar-refractivity contribution < 1.29 is 47.3 Å². The lowest BCUT2D eigenvalue weighted by atomic mass is 10.0. The number of likely N-dealkylation sites (tertiary alicyclic amines) is 1. The fourth-order valence-corrected chi connectivity index (χ4v) is 6.41. The zero-order valence-electron chi connectivity index (χ0n) is 29.2. The number of hydrogen-bond acceptors (Lipinski definition) is 8. The van der Waals surface area contributed by atoms with E-state index < -0.39 is 60.1 Å². The molecule has 3 aromatic rings. The van der Waals surface area contributed by atoms with E-state index in [1.807, 2.05) is 19.9 Å². The first kappa shape index (κ1) is 37.9. The van der Waals surface area contributed by atoms with Gasteiger partial charge in [-0.05, 0) is 56.4 Å². The highest BCUT2D eigenvalue weighted by Crippen LogP contribution is 2.34. The Hall–Kier alpha value is -5.34. The molecule has 13 nitrogen and oxygen atoms in total. The molecule has 0 radical (unpaired) electrons. The van der Waals surface area contributed by atoms with E-state index in [0.717, 1.165) is 30.5 Å². The smallest absolute Gasteiger partial charge is 0.409 e. The lowest BCUT2D eigenvalue weighted by molar-refractivity contribution is -0.138. The van der Waals surface area contributed by atoms with Crippen LogP contribution in [0.1, 0.15) is 73.1 Å². The largest absolute Gasteiger partial charge is 0.483 e. The van der Waals surface area contributed by atoms with Gasteiger partial charge in [-0.3, -0.25) is 19.2 Å². The summed E-state index contributed by atoms with van der Waals surface area (Å²) >= 11 is 0. The van der Waals surface area contributed by atoms with Gasteiger partial charge in [0.2, 0.25) is 5.91 Å². The zero-order valence-corrected chi connectivity index (χ0v) is 29.2. The number of carbonyl (C=O) groups excluding carboxylic acids is 4. The Morgan fingerprint density at radius 1 is 1.00 bits per heavy atom. The number of hydrogen-bond donors (Lipinski definition) is 2. The standard InChI is InChI=1S/C37H43F2N5O8/c1-3-4-18-51-37(50)43-16-14-42(15-17-43)36(49)28(11-12-34(46)47)41-35(48)30-21-32(26-9-7-23(2)19-29(26)40-30)52-22-33(45)44-13-5-6-31(44)25-10-8-24(38)20-27(25)39/h7-10,19-21,28,31H,3-6,11-18,22H2,1-2H3,(H,41,48)(H,46,47)/t28-,31?/m0/s1. The minimum absolute atomic E-state index is 0.124. The lowest BCUT2D eigenvalue weighted by Crippen LogP contribution is -2.56. The van der Waals surface area contributed by atoms with Crippen molar-refractivity contribution in [3.8, 4) is 5.75 Å². The lowest BCUT2D eigenvalue weighted by Gasteiger charge is -2.36. The summed E-state index contributed by atoms with van der Waals surface area (Å²) in [5.74, 6) is -4.10. The van der Waals surface area contributed by atoms with E-state index in [1.165, 1.54) is 26.8 Å². The van der Waals surface area contributed by atoms with Crippen molar-refractivity contribution in [3.63, 3.8) is 0 Å². The van der Waals surface area contributed by atoms with Crippen LogP contribution in [0, 0.1) is 18.6 Å². The molecule has 2 saturated heterocycles. The molecule has 2 aliphatic rings. The highest BCUT2D eigenvalue weighted by molar-refractivity contribution is 5.99. The topological polar surface area (TPSA) is 159 Å². The molecule has 0 spiro atoms. The summed E-state index contributed by atoms with van der Waals surface area (Å²) in [4.78, 5) is 73.5. The summed E-state index contributed by atoms with van der Waals surface area (Å²) < 4.78 is 39.4. The summed E-state index contributed by atoms with van der Waals surface area (Å²) in [6.45, 7) is 4.84. The van der Waals surface area contributed by atoms with E-state index in [-0.39, 0.29) is 56.0 Å². The number of piperazine rings is 1. The van der Waals surface area contributed by atoms with Crippen LogP contribution >= 0.6 is 0 Å². The number of carboxylic acids is 1. The molecule has 3 heterocycles. The van der Waals surface area contributed by atoms with Crippen molar-refractivity contribution in [1.82, 2.24) is 25.0 Å². The number of halogens is 2. The number of benzene rings is 2. The van der Waals surface area contributed by atoms with Crippen molar-refractivity contribution in [2.45, 2.75) is 64.5 Å². The van der Waals surface area contributed by atoms with Gasteiger partial charge in [-0.2, -0.15) is 0 Å². The first-order valence-corrected chi connectivity index (χ1v) is 17.5. The van der Waals surface area contributed by atoms with Crippen LogP contribution in [-0.2, 0) is 19.1 Å². The molecule has 2 aliphatic heterocycles. The Bertz CT molecular complexity index is 1820. The fraction of sp³-hybridized carbons (Fsp3) is 0.459. The minimum atomic E-state index is -1.20. The molecule has 1 unspecified atom stereocenters. The number of pyridine rings is 1. The molecule has 2 atom stereocenters. The third-order valence-corrected chi connectivity index (χ3v) is 9.23. The Morgan fingerprint density at radius 2 is 1.75 bits per heavy atom. The normalized spacial score (nSPS) is 16.5. The number of nitrogens with one attached hydrogen (secondary N) is 1. The van der Waals surface area contributed by atoms with Crippen molar-refractivity contribution in [2.24, 2.45) is 0 Å². The molecule has 2 fully saturated rings. The van der Waals surface area contributed by atoms with Gasteiger partial charge in [0.1, 0.15) is 29.1 Å². The van der Waals surface area contributed by atoms with Gasteiger partial charge in [-0.15, -0.1) is 0 Å². The van der Waals surface area contributed by atoms with Gasteiger partial charge in [0.05, 0.1) is 18.2 Å². The Morgan fingerprint density at radius 3 is 2.46 bits per heavy atom. The predicted molar refractivity (Wildman–Crippen MR) is 185 cm³/mol. The van der Waals surface area contributed by atoms with Gasteiger partial charge in [0, 0.05) is 62.2 Å². The van der Waals surface area contributed by atoms with Gasteiger partial charge in [0.15, 0.2) is 6.61 Å². The van der Waals surface area contributed by atoms with E-state index in [0.29, 0.717) is 36.9 Å². The van der Waals surface area contributed by atoms with E-state index >= 15 is 0 Å². The first-order chi connectivity index (χ1) is 24.9. The maximum atomic E-state index is 14.6. The third kappa shape index (κ3) is 9.30. The number of rotatable bonds is 13. The van der Waals surface area contributed by atoms with Crippen LogP contribution in [0.25, 0.3) is 10.9 Å². The van der Waals surface area contributed by atoms with E-state index in [4.69, 9.17) is 9.47 Å². The minimum Gasteiger partial charge on any atom is -0.483 e. The maximum Gasteiger partial charge on any atom is 0.409 e. The second kappa shape index (κ2) is 17.2. The number of amides is 4. The number of ether oxygens (including phenoxy) is 2. The first-order valence-electron chi connectivity index (χ1n) is 17.5. The van der Waals surface area contributed by atoms with E-state index in [2.05, 4.69) is 10.3 Å². The number of unbranched alkanes of at least 4 members (excludes halogenated alkanes) is 1. The average molecular weight is 724 g/mol. The molecule has 0 saturated carbocycles. The summed E-state index contributed by atoms with van der Waals surface area (Å²) in [6.07, 6.45) is 1.71. The molecule has 52 heavy (non-hydrogen) atoms. The average Bonchev–Trinajstić information content (AvgIpc) is 3.61. The summed E-state index contributed by atoms with van der Waals surface area (Å²) in [5.41, 5.74) is 1.32. The number of fused-ring (bicyclic) bond motifs is 1. The molecule has 278 valence electrons. The van der Waals surface area contributed by atoms with Crippen LogP contribution in [0.2, 0.25) is 0 Å². The molecule has 2 aromatic carbocycles. The van der Waals surface area contributed by atoms with E-state index in [1.54, 1.807) is 12.1 Å². The molecule has 15 heteroatoms. The monoisotopic (exact) mass is 723 g/mol. The highest BCUT2D eigenvalue weighted by Gasteiger charge is 2.33. The Labute approximate surface area is 299 Å². The third-order valence-electron chi connectivity index (χ3n) is 9.23. The Balaban J connectivity index is 1.30. The van der Waals surface area contributed by atoms with Crippen LogP contribution in [-0.4, -0.2) is 107 Å². The number of aryl methyl sites for hydroxylation is 1. The van der Waals surface area contributed by atoms with Crippen LogP contribution in [0.4, 0.5) is 13.6 Å². The molecule has 0 aliphatic carbocycles. The number of carbonyl (C=O) groups is 5. The maximum absolute atomic E-state index is 14.6. The second-order valence-electron chi connectivity index (χ2n) is 13.0.